The minimum absolute atomic E-state index is 0.0268. The number of rotatable bonds is 16. The van der Waals surface area contributed by atoms with Crippen molar-refractivity contribution < 1.29 is 14.0 Å². The average Bonchev–Trinajstić information content (AvgIpc) is 3.11. The van der Waals surface area contributed by atoms with Crippen LogP contribution in [0.5, 0.6) is 0 Å². The van der Waals surface area contributed by atoms with Crippen molar-refractivity contribution in [3.8, 4) is 17.2 Å². The maximum Gasteiger partial charge on any atom is 0.242 e. The third-order valence-electron chi connectivity index (χ3n) is 9.01. The minimum Gasteiger partial charge on any atom is -0.359 e. The summed E-state index contributed by atoms with van der Waals surface area (Å²) in [7, 11) is 2.50. The number of ketones is 1. The molecule has 4 rings (SSSR count). The number of Topliss-reactive ketones (excluding diaryl/α,β-unsaturated/α-hetero) is 1. The molecule has 6 nitrogen and oxygen atoms in total. The SMILES string of the molecule is CCN(CC)CCN(Cc1ccc(-c2ccc(C#N)cc2)cc1)C(=O)CN(c1ccccc1C(C)=O)C(C)CCc1cccc(F)c1P. The summed E-state index contributed by atoms with van der Waals surface area (Å²) in [6, 6.07) is 30.3. The van der Waals surface area contributed by atoms with E-state index in [1.54, 1.807) is 13.0 Å². The monoisotopic (exact) mass is 664 g/mol. The fourth-order valence-electron chi connectivity index (χ4n) is 5.92. The molecule has 0 spiro atoms. The number of aryl methyl sites for hydroxylation is 1. The highest BCUT2D eigenvalue weighted by atomic mass is 31.0. The van der Waals surface area contributed by atoms with Gasteiger partial charge in [-0.05, 0) is 92.4 Å². The Morgan fingerprint density at radius 1 is 0.875 bits per heavy atom. The first-order valence-corrected chi connectivity index (χ1v) is 17.2. The zero-order chi connectivity index (χ0) is 34.6. The van der Waals surface area contributed by atoms with Gasteiger partial charge in [0, 0.05) is 42.2 Å². The largest absolute Gasteiger partial charge is 0.359 e. The number of para-hydroxylation sites is 1. The summed E-state index contributed by atoms with van der Waals surface area (Å²) >= 11 is 0. The standard InChI is InChI=1S/C40H46FN4O2P/c1-5-43(6-2)24-25-44(27-32-17-22-34(23-18-32)33-20-15-31(26-42)16-21-33)39(47)28-45(38-13-8-7-11-36(38)30(4)46)29(3)14-19-35-10-9-12-37(41)40(35)48/h7-13,15-18,20-23,29H,5-6,14,19,24-25,27-28,48H2,1-4H3. The van der Waals surface area contributed by atoms with Gasteiger partial charge in [0.1, 0.15) is 5.82 Å². The van der Waals surface area contributed by atoms with Crippen molar-refractivity contribution in [3.05, 3.63) is 119 Å². The third-order valence-corrected chi connectivity index (χ3v) is 9.66. The van der Waals surface area contributed by atoms with Crippen LogP contribution in [0, 0.1) is 17.1 Å². The first-order chi connectivity index (χ1) is 23.1. The van der Waals surface area contributed by atoms with Crippen molar-refractivity contribution in [2.45, 2.75) is 53.1 Å². The van der Waals surface area contributed by atoms with Crippen LogP contribution in [0.25, 0.3) is 11.1 Å². The van der Waals surface area contributed by atoms with Crippen LogP contribution in [0.1, 0.15) is 61.2 Å². The van der Waals surface area contributed by atoms with Gasteiger partial charge in [0.25, 0.3) is 0 Å². The number of anilines is 1. The van der Waals surface area contributed by atoms with E-state index in [1.165, 1.54) is 6.07 Å². The summed E-state index contributed by atoms with van der Waals surface area (Å²) in [5.74, 6) is -0.345. The molecule has 0 N–H and O–H groups in total. The highest BCUT2D eigenvalue weighted by Crippen LogP contribution is 2.26. The lowest BCUT2D eigenvalue weighted by Crippen LogP contribution is -2.46. The van der Waals surface area contributed by atoms with Crippen LogP contribution in [0.3, 0.4) is 0 Å². The molecule has 0 saturated heterocycles. The number of nitriles is 1. The van der Waals surface area contributed by atoms with E-state index in [-0.39, 0.29) is 30.1 Å². The fraction of sp³-hybridized carbons (Fsp3) is 0.325. The van der Waals surface area contributed by atoms with E-state index in [4.69, 9.17) is 5.26 Å². The number of hydrogen-bond donors (Lipinski definition) is 0. The van der Waals surface area contributed by atoms with Crippen LogP contribution in [0.15, 0.2) is 91.0 Å². The Balaban J connectivity index is 1.60. The number of carbonyl (C=O) groups excluding carboxylic acids is 2. The Bertz CT molecular complexity index is 1710. The van der Waals surface area contributed by atoms with Gasteiger partial charge in [-0.15, -0.1) is 9.24 Å². The molecule has 0 radical (unpaired) electrons. The van der Waals surface area contributed by atoms with Gasteiger partial charge in [-0.3, -0.25) is 9.59 Å². The molecule has 2 unspecified atom stereocenters. The van der Waals surface area contributed by atoms with Crippen LogP contribution < -0.4 is 10.2 Å². The predicted octanol–water partition coefficient (Wildman–Crippen LogP) is 7.27. The number of amides is 1. The van der Waals surface area contributed by atoms with Gasteiger partial charge in [-0.1, -0.05) is 74.5 Å². The summed E-state index contributed by atoms with van der Waals surface area (Å²) in [6.45, 7) is 11.5. The van der Waals surface area contributed by atoms with Gasteiger partial charge in [-0.2, -0.15) is 5.26 Å². The Labute approximate surface area is 287 Å². The molecule has 4 aromatic carbocycles. The summed E-state index contributed by atoms with van der Waals surface area (Å²) in [5, 5.41) is 9.70. The molecule has 0 aliphatic carbocycles. The van der Waals surface area contributed by atoms with Gasteiger partial charge < -0.3 is 14.7 Å². The zero-order valence-corrected chi connectivity index (χ0v) is 29.6. The zero-order valence-electron chi connectivity index (χ0n) is 28.5. The molecule has 0 aromatic heterocycles. The van der Waals surface area contributed by atoms with Gasteiger partial charge in [0.15, 0.2) is 5.78 Å². The van der Waals surface area contributed by atoms with Gasteiger partial charge in [0.05, 0.1) is 18.2 Å². The topological polar surface area (TPSA) is 67.7 Å². The maximum atomic E-state index is 14.3. The molecule has 4 aromatic rings. The number of halogens is 1. The van der Waals surface area contributed by atoms with Gasteiger partial charge >= 0.3 is 0 Å². The Morgan fingerprint density at radius 3 is 2.15 bits per heavy atom. The Hall–Kier alpha value is -4.37. The second-order valence-corrected chi connectivity index (χ2v) is 12.7. The number of benzene rings is 4. The highest BCUT2D eigenvalue weighted by molar-refractivity contribution is 7.27. The smallest absolute Gasteiger partial charge is 0.242 e. The first kappa shape index (κ1) is 36.5. The van der Waals surface area contributed by atoms with E-state index in [0.29, 0.717) is 42.4 Å². The third kappa shape index (κ3) is 9.60. The van der Waals surface area contributed by atoms with Crippen molar-refractivity contribution in [1.29, 1.82) is 5.26 Å². The molecule has 0 saturated carbocycles. The van der Waals surface area contributed by atoms with Crippen molar-refractivity contribution in [2.75, 3.05) is 37.6 Å². The number of nitrogens with zero attached hydrogens (tertiary/aromatic N) is 4. The molecule has 0 aliphatic heterocycles. The Kier molecular flexibility index (Phi) is 13.4. The second-order valence-electron chi connectivity index (χ2n) is 12.1. The van der Waals surface area contributed by atoms with Crippen LogP contribution >= 0.6 is 9.24 Å². The molecular formula is C40H46FN4O2P. The van der Waals surface area contributed by atoms with E-state index in [0.717, 1.165) is 47.6 Å². The fourth-order valence-corrected chi connectivity index (χ4v) is 6.26. The molecule has 48 heavy (non-hydrogen) atoms. The number of carbonyl (C=O) groups is 2. The van der Waals surface area contributed by atoms with Crippen molar-refractivity contribution in [2.24, 2.45) is 0 Å². The van der Waals surface area contributed by atoms with Crippen LogP contribution in [-0.4, -0.2) is 60.3 Å². The predicted molar refractivity (Wildman–Crippen MR) is 197 cm³/mol. The minimum atomic E-state index is -0.257. The van der Waals surface area contributed by atoms with Gasteiger partial charge in [0.2, 0.25) is 5.91 Å². The van der Waals surface area contributed by atoms with E-state index < -0.39 is 0 Å². The summed E-state index contributed by atoms with van der Waals surface area (Å²) < 4.78 is 14.3. The van der Waals surface area contributed by atoms with Gasteiger partial charge in [-0.25, -0.2) is 4.39 Å². The molecule has 0 fully saturated rings. The van der Waals surface area contributed by atoms with E-state index in [9.17, 15) is 14.0 Å². The van der Waals surface area contributed by atoms with Crippen molar-refractivity contribution in [1.82, 2.24) is 9.80 Å². The number of likely N-dealkylation sites (N-methyl/N-ethyl adjacent to an activating group) is 1. The Morgan fingerprint density at radius 2 is 1.52 bits per heavy atom. The first-order valence-electron chi connectivity index (χ1n) is 16.6. The summed E-state index contributed by atoms with van der Waals surface area (Å²) in [5.41, 5.74) is 5.91. The van der Waals surface area contributed by atoms with Crippen molar-refractivity contribution in [3.63, 3.8) is 0 Å². The van der Waals surface area contributed by atoms with Crippen LogP contribution in [-0.2, 0) is 17.8 Å². The average molecular weight is 665 g/mol. The number of hydrogen-bond acceptors (Lipinski definition) is 5. The molecular weight excluding hydrogens is 618 g/mol. The molecule has 0 bridgehead atoms. The second kappa shape index (κ2) is 17.7. The quantitative estimate of drug-likeness (QED) is 0.0932. The lowest BCUT2D eigenvalue weighted by molar-refractivity contribution is -0.130. The molecule has 8 heteroatoms. The van der Waals surface area contributed by atoms with E-state index >= 15 is 0 Å². The summed E-state index contributed by atoms with van der Waals surface area (Å²) in [4.78, 5) is 33.3. The lowest BCUT2D eigenvalue weighted by atomic mass is 10.0. The van der Waals surface area contributed by atoms with E-state index in [2.05, 4.69) is 53.1 Å². The molecule has 2 atom stereocenters. The molecule has 1 amide bonds. The highest BCUT2D eigenvalue weighted by Gasteiger charge is 2.25. The normalized spacial score (nSPS) is 11.6. The van der Waals surface area contributed by atoms with Crippen LogP contribution in [0.2, 0.25) is 0 Å². The maximum absolute atomic E-state index is 14.3. The molecule has 0 heterocycles. The lowest BCUT2D eigenvalue weighted by Gasteiger charge is -2.35. The van der Waals surface area contributed by atoms with E-state index in [1.807, 2.05) is 76.5 Å². The van der Waals surface area contributed by atoms with Crippen LogP contribution in [0.4, 0.5) is 10.1 Å². The molecule has 250 valence electrons. The molecule has 0 aliphatic rings. The van der Waals surface area contributed by atoms with Crippen molar-refractivity contribution >= 4 is 31.9 Å². The summed E-state index contributed by atoms with van der Waals surface area (Å²) in [6.07, 6.45) is 1.29.